The van der Waals surface area contributed by atoms with E-state index in [1.54, 1.807) is 0 Å². The van der Waals surface area contributed by atoms with E-state index in [4.69, 9.17) is 18.8 Å². The molecule has 6 atom stereocenters. The van der Waals surface area contributed by atoms with Gasteiger partial charge in [0.05, 0.1) is 68.1 Å². The molecule has 8 aromatic heterocycles. The summed E-state index contributed by atoms with van der Waals surface area (Å²) < 4.78 is 18.6. The number of furan rings is 2. The number of nitrogens with zero attached hydrogens (tertiary/aromatic N) is 4. The van der Waals surface area contributed by atoms with Crippen LogP contribution < -0.4 is 0 Å². The molecule has 24 rings (SSSR count). The first-order valence-corrected chi connectivity index (χ1v) is 29.9. The molecule has 2 spiro atoms. The first-order chi connectivity index (χ1) is 42.5. The van der Waals surface area contributed by atoms with Crippen molar-refractivity contribution in [1.29, 1.82) is 0 Å². The Morgan fingerprint density at radius 3 is 1.15 bits per heavy atom. The number of hydrogen-bond donors (Lipinski definition) is 0. The molecule has 6 aliphatic carbocycles. The van der Waals surface area contributed by atoms with E-state index >= 15 is 9.59 Å². The van der Waals surface area contributed by atoms with Crippen molar-refractivity contribution in [3.63, 3.8) is 0 Å². The molecule has 0 saturated heterocycles. The van der Waals surface area contributed by atoms with Crippen LogP contribution in [-0.2, 0) is 10.8 Å². The zero-order valence-electron chi connectivity index (χ0n) is 45.4. The van der Waals surface area contributed by atoms with Crippen LogP contribution in [0.25, 0.3) is 131 Å². The first-order valence-electron chi connectivity index (χ1n) is 29.9. The molecule has 8 nitrogen and oxygen atoms in total. The van der Waals surface area contributed by atoms with Gasteiger partial charge in [0.2, 0.25) is 0 Å². The highest BCUT2D eigenvalue weighted by atomic mass is 16.3. The van der Waals surface area contributed by atoms with E-state index < -0.39 is 10.8 Å². The molecule has 0 saturated carbocycles. The Hall–Kier alpha value is -11.0. The summed E-state index contributed by atoms with van der Waals surface area (Å²) in [6.07, 6.45) is 4.03. The lowest BCUT2D eigenvalue weighted by Gasteiger charge is -2.64. The van der Waals surface area contributed by atoms with E-state index in [9.17, 15) is 0 Å². The third-order valence-electron chi connectivity index (χ3n) is 22.5. The first kappa shape index (κ1) is 42.8. The van der Waals surface area contributed by atoms with Gasteiger partial charge in [-0.25, -0.2) is 9.97 Å². The summed E-state index contributed by atoms with van der Waals surface area (Å²) >= 11 is 0. The molecule has 0 radical (unpaired) electrons. The predicted octanol–water partition coefficient (Wildman–Crippen LogP) is 17.7. The second-order valence-electron chi connectivity index (χ2n) is 25.6. The quantitative estimate of drug-likeness (QED) is 0.163. The molecule has 10 aromatic carbocycles. The van der Waals surface area contributed by atoms with Gasteiger partial charge in [0.25, 0.3) is 0 Å². The highest BCUT2D eigenvalue weighted by Gasteiger charge is 2.70. The minimum atomic E-state index is -0.395. The molecule has 0 fully saturated rings. The number of pyridine rings is 2. The number of Topliss-reactive ketones (excluding diaryl/α,β-unsaturated/α-hetero) is 2. The van der Waals surface area contributed by atoms with Gasteiger partial charge in [-0.3, -0.25) is 9.59 Å². The topological polar surface area (TPSA) is 95.0 Å². The number of hydrogen-bond acceptors (Lipinski definition) is 6. The molecule has 86 heavy (non-hydrogen) atoms. The molecule has 6 aliphatic rings. The van der Waals surface area contributed by atoms with Crippen LogP contribution in [0, 0.1) is 0 Å². The largest absolute Gasteiger partial charge is 0.454 e. The molecule has 0 N–H and O–H groups in total. The number of ketones is 2. The number of fused-ring (bicyclic) bond motifs is 32. The van der Waals surface area contributed by atoms with Crippen molar-refractivity contribution in [2.45, 2.75) is 34.5 Å². The average molecular weight is 1100 g/mol. The van der Waals surface area contributed by atoms with Crippen LogP contribution in [0.15, 0.2) is 215 Å². The van der Waals surface area contributed by atoms with E-state index in [-0.39, 0.29) is 35.2 Å². The van der Waals surface area contributed by atoms with Gasteiger partial charge < -0.3 is 17.6 Å². The van der Waals surface area contributed by atoms with Gasteiger partial charge in [-0.2, -0.15) is 0 Å². The Morgan fingerprint density at radius 2 is 0.721 bits per heavy atom. The summed E-state index contributed by atoms with van der Waals surface area (Å²) in [7, 11) is 0. The van der Waals surface area contributed by atoms with E-state index in [1.807, 2.05) is 48.8 Å². The maximum Gasteiger partial charge on any atom is 0.171 e. The fraction of sp³-hybridized carbons (Fsp3) is 0.0769. The monoisotopic (exact) mass is 1090 g/mol. The number of carbonyl (C=O) groups is 2. The van der Waals surface area contributed by atoms with Crippen molar-refractivity contribution >= 4 is 132 Å². The molecule has 8 heteroatoms. The summed E-state index contributed by atoms with van der Waals surface area (Å²) in [4.78, 5) is 41.5. The van der Waals surface area contributed by atoms with Crippen LogP contribution in [0.4, 0.5) is 0 Å². The fourth-order valence-electron chi connectivity index (χ4n) is 19.5. The lowest BCUT2D eigenvalue weighted by atomic mass is 9.36. The maximum atomic E-state index is 15.5. The molecule has 6 unspecified atom stereocenters. The Labute approximate surface area is 485 Å². The fourth-order valence-corrected chi connectivity index (χ4v) is 19.5. The Morgan fingerprint density at radius 1 is 0.349 bits per heavy atom. The van der Waals surface area contributed by atoms with Crippen molar-refractivity contribution in [3.8, 4) is 11.1 Å². The molecular formula is C78H38N4O4. The molecule has 394 valence electrons. The van der Waals surface area contributed by atoms with Crippen LogP contribution in [-0.4, -0.2) is 30.3 Å². The van der Waals surface area contributed by atoms with Gasteiger partial charge in [-0.05, 0) is 140 Å². The minimum Gasteiger partial charge on any atom is -0.454 e. The van der Waals surface area contributed by atoms with Crippen LogP contribution in [0.1, 0.15) is 100 Å². The number of aromatic nitrogens is 4. The summed E-state index contributed by atoms with van der Waals surface area (Å²) in [5.74, 6) is -0.0539. The van der Waals surface area contributed by atoms with Crippen LogP contribution in [0.5, 0.6) is 0 Å². The normalized spacial score (nSPS) is 21.9. The zero-order valence-corrected chi connectivity index (χ0v) is 45.4. The standard InChI is InChI=1S/C78H38N4O4/c83-73-49-31-57-43(29-45(49)65-37-13-1-7-19-53(37)77(65)55-21-9-3-15-39(55)67(73)77)47-25-35(27-51-63-59(81(57)71(47)51)33-79-69-41-17-5-11-23-61(41)85-75(63)69)36-26-48-44-30-46-50(74(84)68-40-16-4-10-22-56(40)78(68)54-20-8-2-14-38(54)66(46)78)32-58(44)82-60-34-80-70-42-18-6-12-24-62(42)86-76(70)64(60)52(28-36)72(48)82/h1-34,65-68H. The molecule has 8 heterocycles. The highest BCUT2D eigenvalue weighted by molar-refractivity contribution is 6.33. The van der Waals surface area contributed by atoms with E-state index in [0.29, 0.717) is 0 Å². The molecule has 18 aromatic rings. The van der Waals surface area contributed by atoms with Gasteiger partial charge in [-0.1, -0.05) is 121 Å². The minimum absolute atomic E-state index is 0.0339. The Kier molecular flexibility index (Phi) is 6.72. The van der Waals surface area contributed by atoms with Crippen molar-refractivity contribution in [3.05, 3.63) is 273 Å². The predicted molar refractivity (Wildman–Crippen MR) is 336 cm³/mol. The lowest BCUT2D eigenvalue weighted by molar-refractivity contribution is 0.0839. The Balaban J connectivity index is 0.830. The molecule has 0 bridgehead atoms. The third-order valence-corrected chi connectivity index (χ3v) is 22.5. The molecule has 0 aliphatic heterocycles. The summed E-state index contributed by atoms with van der Waals surface area (Å²) in [5.41, 5.74) is 25.8. The number of benzene rings is 10. The number of carbonyl (C=O) groups excluding carboxylic acids is 2. The van der Waals surface area contributed by atoms with Gasteiger partial charge >= 0.3 is 0 Å². The van der Waals surface area contributed by atoms with Crippen LogP contribution >= 0.6 is 0 Å². The number of para-hydroxylation sites is 2. The van der Waals surface area contributed by atoms with E-state index in [0.717, 1.165) is 165 Å². The average Bonchev–Trinajstić information content (AvgIpc) is 1.04. The summed E-state index contributed by atoms with van der Waals surface area (Å²) in [6.45, 7) is 0. The highest BCUT2D eigenvalue weighted by Crippen LogP contribution is 2.75. The SMILES string of the molecule is O=C1c2cc3c(cc2C2c4ccccc4C24c2ccccc2C14)c1cc(-c2cc4c5cc6c(cc5n5c7cnc8c9ccccc9oc8c7c(c2)c45)C(=O)C2c4ccccc4C24c2ccccc2C64)cc2c4c5oc6ccccc6c5ncc4n3c12. The smallest absolute Gasteiger partial charge is 0.171 e. The van der Waals surface area contributed by atoms with E-state index in [1.165, 1.54) is 33.4 Å². The number of rotatable bonds is 1. The molecule has 0 amide bonds. The van der Waals surface area contributed by atoms with Gasteiger partial charge in [0.1, 0.15) is 22.2 Å². The third kappa shape index (κ3) is 4.18. The van der Waals surface area contributed by atoms with E-state index in [2.05, 4.69) is 167 Å². The van der Waals surface area contributed by atoms with Crippen molar-refractivity contribution in [2.75, 3.05) is 0 Å². The van der Waals surface area contributed by atoms with Crippen molar-refractivity contribution < 1.29 is 18.4 Å². The van der Waals surface area contributed by atoms with Gasteiger partial charge in [-0.15, -0.1) is 0 Å². The van der Waals surface area contributed by atoms with Gasteiger partial charge in [0.15, 0.2) is 22.7 Å². The van der Waals surface area contributed by atoms with Gasteiger partial charge in [0, 0.05) is 76.9 Å². The second-order valence-corrected chi connectivity index (χ2v) is 25.6. The van der Waals surface area contributed by atoms with Crippen LogP contribution in [0.2, 0.25) is 0 Å². The maximum absolute atomic E-state index is 15.5. The Bertz CT molecular complexity index is 6060. The van der Waals surface area contributed by atoms with Crippen LogP contribution in [0.3, 0.4) is 0 Å². The van der Waals surface area contributed by atoms with Crippen molar-refractivity contribution in [1.82, 2.24) is 18.8 Å². The second kappa shape index (κ2) is 13.5. The lowest BCUT2D eigenvalue weighted by Crippen LogP contribution is -2.61. The summed E-state index contributed by atoms with van der Waals surface area (Å²) in [6, 6.07) is 70.0. The molecular weight excluding hydrogens is 1060 g/mol. The summed E-state index contributed by atoms with van der Waals surface area (Å²) in [5, 5.41) is 10.4. The zero-order chi connectivity index (χ0) is 55.3. The van der Waals surface area contributed by atoms with Crippen molar-refractivity contribution in [2.24, 2.45) is 0 Å².